The predicted octanol–water partition coefficient (Wildman–Crippen LogP) is 3.92. The lowest BCUT2D eigenvalue weighted by molar-refractivity contribution is -0.102. The normalized spacial score (nSPS) is 27.1. The molecule has 2 N–H and O–H groups in total. The molecular formula is C25H26N6O5. The van der Waals surface area contributed by atoms with E-state index in [0.29, 0.717) is 17.5 Å². The van der Waals surface area contributed by atoms with E-state index in [-0.39, 0.29) is 5.91 Å². The van der Waals surface area contributed by atoms with Gasteiger partial charge in [0.2, 0.25) is 0 Å². The molecule has 11 heteroatoms. The molecule has 0 bridgehead atoms. The molecule has 2 heterocycles. The molecular weight excluding hydrogens is 464 g/mol. The van der Waals surface area contributed by atoms with Gasteiger partial charge >= 0.3 is 12.0 Å². The smallest absolute Gasteiger partial charge is 0.338 e. The van der Waals surface area contributed by atoms with E-state index in [1.165, 1.54) is 11.1 Å². The number of hydrogen-bond acceptors (Lipinski definition) is 6. The van der Waals surface area contributed by atoms with Crippen LogP contribution < -0.4 is 10.6 Å². The maximum atomic E-state index is 13.1. The summed E-state index contributed by atoms with van der Waals surface area (Å²) >= 11 is 0. The molecule has 11 nitrogen and oxygen atoms in total. The molecule has 2 aromatic carbocycles. The summed E-state index contributed by atoms with van der Waals surface area (Å²) < 4.78 is 11.9. The van der Waals surface area contributed by atoms with Gasteiger partial charge in [0.25, 0.3) is 5.91 Å². The van der Waals surface area contributed by atoms with Crippen molar-refractivity contribution in [3.05, 3.63) is 94.5 Å². The highest BCUT2D eigenvalue weighted by Gasteiger charge is 2.56. The van der Waals surface area contributed by atoms with Crippen molar-refractivity contribution in [2.24, 2.45) is 11.0 Å². The third-order valence-corrected chi connectivity index (χ3v) is 6.33. The van der Waals surface area contributed by atoms with Crippen LogP contribution in [0.3, 0.4) is 0 Å². The Hall–Kier alpha value is -4.34. The molecule has 0 radical (unpaired) electrons. The maximum Gasteiger partial charge on any atom is 0.338 e. The minimum atomic E-state index is -1.33. The third-order valence-electron chi connectivity index (χ3n) is 6.33. The van der Waals surface area contributed by atoms with E-state index in [9.17, 15) is 19.9 Å². The number of nitrogens with one attached hydrogen (secondary N) is 2. The van der Waals surface area contributed by atoms with Gasteiger partial charge in [-0.3, -0.25) is 9.69 Å². The van der Waals surface area contributed by atoms with Gasteiger partial charge < -0.3 is 20.1 Å². The van der Waals surface area contributed by atoms with Gasteiger partial charge in [0.05, 0.1) is 5.56 Å². The second-order valence-corrected chi connectivity index (χ2v) is 8.44. The number of rotatable bonds is 7. The Morgan fingerprint density at radius 2 is 1.81 bits per heavy atom. The number of azide groups is 1. The standard InChI is InChI=1S/C25H26N6O5/c1-3-25(29-30-26)16(2)20(35-23(33)18-12-8-5-9-13-18)22(36-25)31-15-14-19(28-24(31)34)27-21(32)17-10-6-4-7-11-17/h4-16,19-20,22H,3H2,1-2H3,(H,27,32)(H,28,34)/t16-,19?,20-,22+,25+/m0/s1. The lowest BCUT2D eigenvalue weighted by Crippen LogP contribution is -2.57. The lowest BCUT2D eigenvalue weighted by Gasteiger charge is -2.34. The summed E-state index contributed by atoms with van der Waals surface area (Å²) in [4.78, 5) is 42.5. The van der Waals surface area contributed by atoms with Crippen molar-refractivity contribution in [1.29, 1.82) is 0 Å². The molecule has 0 spiro atoms. The Labute approximate surface area is 207 Å². The lowest BCUT2D eigenvalue weighted by atomic mass is 9.92. The molecule has 5 atom stereocenters. The minimum Gasteiger partial charge on any atom is -0.454 e. The van der Waals surface area contributed by atoms with Crippen molar-refractivity contribution >= 4 is 17.9 Å². The molecule has 36 heavy (non-hydrogen) atoms. The first kappa shape index (κ1) is 24.8. The fourth-order valence-electron chi connectivity index (χ4n) is 4.30. The molecule has 0 aromatic heterocycles. The molecule has 0 saturated carbocycles. The van der Waals surface area contributed by atoms with Crippen LogP contribution >= 0.6 is 0 Å². The average Bonchev–Trinajstić information content (AvgIpc) is 3.16. The molecule has 1 unspecified atom stereocenters. The first-order chi connectivity index (χ1) is 17.4. The number of carbonyl (C=O) groups excluding carboxylic acids is 3. The zero-order valence-corrected chi connectivity index (χ0v) is 19.8. The van der Waals surface area contributed by atoms with E-state index in [1.54, 1.807) is 80.6 Å². The first-order valence-corrected chi connectivity index (χ1v) is 11.5. The number of hydrogen-bond donors (Lipinski definition) is 2. The van der Waals surface area contributed by atoms with Crippen molar-refractivity contribution in [1.82, 2.24) is 15.5 Å². The van der Waals surface area contributed by atoms with Crippen molar-refractivity contribution in [3.63, 3.8) is 0 Å². The molecule has 186 valence electrons. The molecule has 4 rings (SSSR count). The van der Waals surface area contributed by atoms with Crippen molar-refractivity contribution in [2.45, 2.75) is 44.5 Å². The SMILES string of the molecule is CC[C@@]1(N=[N+]=[N-])O[C@@H](N2C=CC(NC(=O)c3ccccc3)NC2=O)[C@@H](OC(=O)c2ccccc2)[C@@H]1C. The zero-order chi connectivity index (χ0) is 25.7. The number of amides is 3. The van der Waals surface area contributed by atoms with Gasteiger partial charge in [0, 0.05) is 22.6 Å². The summed E-state index contributed by atoms with van der Waals surface area (Å²) in [5.74, 6) is -1.51. The highest BCUT2D eigenvalue weighted by Crippen LogP contribution is 2.43. The van der Waals surface area contributed by atoms with Crippen LogP contribution in [0.1, 0.15) is 41.0 Å². The Bertz CT molecular complexity index is 1200. The molecule has 2 aromatic rings. The van der Waals surface area contributed by atoms with Gasteiger partial charge in [-0.1, -0.05) is 55.4 Å². The van der Waals surface area contributed by atoms with E-state index < -0.39 is 42.1 Å². The second-order valence-electron chi connectivity index (χ2n) is 8.44. The van der Waals surface area contributed by atoms with Gasteiger partial charge in [-0.25, -0.2) is 9.59 Å². The first-order valence-electron chi connectivity index (χ1n) is 11.5. The van der Waals surface area contributed by atoms with E-state index in [1.807, 2.05) is 0 Å². The number of nitrogens with zero attached hydrogens (tertiary/aromatic N) is 4. The van der Waals surface area contributed by atoms with Crippen LogP contribution in [0.2, 0.25) is 0 Å². The largest absolute Gasteiger partial charge is 0.454 e. The van der Waals surface area contributed by atoms with Crippen LogP contribution in [0.25, 0.3) is 10.4 Å². The summed E-state index contributed by atoms with van der Waals surface area (Å²) in [5.41, 5.74) is 8.63. The highest BCUT2D eigenvalue weighted by molar-refractivity contribution is 5.94. The van der Waals surface area contributed by atoms with Gasteiger partial charge in [-0.05, 0) is 42.3 Å². The summed E-state index contributed by atoms with van der Waals surface area (Å²) in [6.45, 7) is 3.53. The number of carbonyl (C=O) groups is 3. The molecule has 1 saturated heterocycles. The van der Waals surface area contributed by atoms with Crippen molar-refractivity contribution in [3.8, 4) is 0 Å². The Morgan fingerprint density at radius 1 is 1.17 bits per heavy atom. The Kier molecular flexibility index (Phi) is 7.23. The predicted molar refractivity (Wildman–Crippen MR) is 129 cm³/mol. The van der Waals surface area contributed by atoms with E-state index in [4.69, 9.17) is 9.47 Å². The monoisotopic (exact) mass is 490 g/mol. The van der Waals surface area contributed by atoms with Crippen LogP contribution in [0.4, 0.5) is 4.79 Å². The number of ether oxygens (including phenoxy) is 2. The number of urea groups is 1. The fourth-order valence-corrected chi connectivity index (χ4v) is 4.30. The van der Waals surface area contributed by atoms with E-state index in [2.05, 4.69) is 20.7 Å². The summed E-state index contributed by atoms with van der Waals surface area (Å²) in [5, 5.41) is 9.28. The minimum absolute atomic E-state index is 0.295. The number of benzene rings is 2. The summed E-state index contributed by atoms with van der Waals surface area (Å²) in [7, 11) is 0. The molecule has 0 aliphatic carbocycles. The average molecular weight is 491 g/mol. The quantitative estimate of drug-likeness (QED) is 0.261. The van der Waals surface area contributed by atoms with Gasteiger partial charge in [-0.15, -0.1) is 0 Å². The maximum absolute atomic E-state index is 13.1. The second kappa shape index (κ2) is 10.5. The van der Waals surface area contributed by atoms with E-state index >= 15 is 0 Å². The Morgan fingerprint density at radius 3 is 2.39 bits per heavy atom. The van der Waals surface area contributed by atoms with Gasteiger partial charge in [-0.2, -0.15) is 0 Å². The topological polar surface area (TPSA) is 146 Å². The molecule has 2 aliphatic heterocycles. The van der Waals surface area contributed by atoms with Crippen LogP contribution in [0, 0.1) is 5.92 Å². The zero-order valence-electron chi connectivity index (χ0n) is 19.8. The van der Waals surface area contributed by atoms with Crippen LogP contribution in [-0.2, 0) is 9.47 Å². The van der Waals surface area contributed by atoms with Crippen LogP contribution in [-0.4, -0.2) is 47.0 Å². The third kappa shape index (κ3) is 4.88. The van der Waals surface area contributed by atoms with Crippen molar-refractivity contribution in [2.75, 3.05) is 0 Å². The molecule has 1 fully saturated rings. The fraction of sp³-hybridized carbons (Fsp3) is 0.320. The summed E-state index contributed by atoms with van der Waals surface area (Å²) in [6, 6.07) is 16.5. The number of esters is 1. The molecule has 2 aliphatic rings. The summed E-state index contributed by atoms with van der Waals surface area (Å²) in [6.07, 6.45) is 0.555. The highest BCUT2D eigenvalue weighted by atomic mass is 16.6. The van der Waals surface area contributed by atoms with Crippen molar-refractivity contribution < 1.29 is 23.9 Å². The Balaban J connectivity index is 1.56. The van der Waals surface area contributed by atoms with Gasteiger partial charge in [0.15, 0.2) is 18.1 Å². The van der Waals surface area contributed by atoms with Gasteiger partial charge in [0.1, 0.15) is 6.17 Å². The van der Waals surface area contributed by atoms with E-state index in [0.717, 1.165) is 0 Å². The van der Waals surface area contributed by atoms with Crippen LogP contribution in [0.5, 0.6) is 0 Å². The molecule has 3 amide bonds. The van der Waals surface area contributed by atoms with Crippen LogP contribution in [0.15, 0.2) is 78.1 Å².